The van der Waals surface area contributed by atoms with Crippen molar-refractivity contribution in [3.8, 4) is 0 Å². The molecule has 4 heteroatoms. The molecule has 2 unspecified atom stereocenters. The molecule has 0 amide bonds. The van der Waals surface area contributed by atoms with Gasteiger partial charge in [-0.15, -0.1) is 0 Å². The van der Waals surface area contributed by atoms with Crippen LogP contribution in [0.4, 0.5) is 0 Å². The van der Waals surface area contributed by atoms with E-state index >= 15 is 0 Å². The molecule has 2 aliphatic carbocycles. The van der Waals surface area contributed by atoms with Gasteiger partial charge in [-0.05, 0) is 87.9 Å². The molecule has 0 radical (unpaired) electrons. The fourth-order valence-electron chi connectivity index (χ4n) is 5.40. The summed E-state index contributed by atoms with van der Waals surface area (Å²) in [6.07, 6.45) is 13.9. The van der Waals surface area contributed by atoms with E-state index in [-0.39, 0.29) is 24.1 Å². The summed E-state index contributed by atoms with van der Waals surface area (Å²) >= 11 is 0. The Kier molecular flexibility index (Phi) is 9.27. The monoisotopic (exact) mass is 390 g/mol. The molecule has 2 atom stereocenters. The highest BCUT2D eigenvalue weighted by atomic mass is 16.5. The van der Waals surface area contributed by atoms with Crippen molar-refractivity contribution in [1.82, 2.24) is 0 Å². The molecule has 2 aliphatic rings. The average Bonchev–Trinajstić information content (AvgIpc) is 2.75. The van der Waals surface area contributed by atoms with Gasteiger partial charge in [0.1, 0.15) is 12.2 Å². The first-order valence-electron chi connectivity index (χ1n) is 11.2. The molecule has 2 rings (SSSR count). The van der Waals surface area contributed by atoms with Crippen LogP contribution < -0.4 is 0 Å². The largest absolute Gasteiger partial charge is 0.459 e. The summed E-state index contributed by atoms with van der Waals surface area (Å²) in [5, 5.41) is 0. The minimum Gasteiger partial charge on any atom is -0.459 e. The summed E-state index contributed by atoms with van der Waals surface area (Å²) in [6.45, 7) is 11.2. The van der Waals surface area contributed by atoms with Crippen LogP contribution in [0.5, 0.6) is 0 Å². The second kappa shape index (κ2) is 11.4. The SMILES string of the molecule is C=CC(=O)OC(CC)C1CCC(C2CCC(C(CC)OC(=O)C=C)CC2)CC1. The molecule has 0 aromatic rings. The van der Waals surface area contributed by atoms with Crippen molar-refractivity contribution < 1.29 is 19.1 Å². The van der Waals surface area contributed by atoms with Crippen molar-refractivity contribution >= 4 is 11.9 Å². The van der Waals surface area contributed by atoms with Crippen LogP contribution >= 0.6 is 0 Å². The fourth-order valence-corrected chi connectivity index (χ4v) is 5.40. The van der Waals surface area contributed by atoms with Gasteiger partial charge in [-0.2, -0.15) is 0 Å². The number of hydrogen-bond donors (Lipinski definition) is 0. The molecular formula is C24H38O4. The van der Waals surface area contributed by atoms with Crippen molar-refractivity contribution in [3.63, 3.8) is 0 Å². The lowest BCUT2D eigenvalue weighted by Gasteiger charge is -2.40. The predicted octanol–water partition coefficient (Wildman–Crippen LogP) is 5.61. The molecule has 2 fully saturated rings. The van der Waals surface area contributed by atoms with Gasteiger partial charge in [0.25, 0.3) is 0 Å². The van der Waals surface area contributed by atoms with Crippen molar-refractivity contribution in [2.24, 2.45) is 23.7 Å². The molecule has 0 bridgehead atoms. The predicted molar refractivity (Wildman–Crippen MR) is 112 cm³/mol. The van der Waals surface area contributed by atoms with Crippen molar-refractivity contribution in [3.05, 3.63) is 25.3 Å². The molecule has 0 aromatic carbocycles. The Balaban J connectivity index is 1.78. The van der Waals surface area contributed by atoms with Gasteiger partial charge in [-0.1, -0.05) is 27.0 Å². The van der Waals surface area contributed by atoms with Gasteiger partial charge in [0, 0.05) is 12.2 Å². The molecule has 0 aliphatic heterocycles. The van der Waals surface area contributed by atoms with Gasteiger partial charge in [0.05, 0.1) is 0 Å². The van der Waals surface area contributed by atoms with E-state index in [1.54, 1.807) is 0 Å². The number of rotatable bonds is 9. The Labute approximate surface area is 170 Å². The lowest BCUT2D eigenvalue weighted by Crippen LogP contribution is -2.34. The van der Waals surface area contributed by atoms with Crippen molar-refractivity contribution in [2.75, 3.05) is 0 Å². The van der Waals surface area contributed by atoms with Crippen molar-refractivity contribution in [2.45, 2.75) is 90.3 Å². The van der Waals surface area contributed by atoms with Crippen LogP contribution in [0.2, 0.25) is 0 Å². The summed E-state index contributed by atoms with van der Waals surface area (Å²) in [5.41, 5.74) is 0. The summed E-state index contributed by atoms with van der Waals surface area (Å²) in [6, 6.07) is 0. The molecular weight excluding hydrogens is 352 g/mol. The maximum absolute atomic E-state index is 11.6. The summed E-state index contributed by atoms with van der Waals surface area (Å²) < 4.78 is 11.1. The van der Waals surface area contributed by atoms with Crippen LogP contribution in [0.1, 0.15) is 78.1 Å². The Morgan fingerprint density at radius 2 is 1.07 bits per heavy atom. The zero-order chi connectivity index (χ0) is 20.5. The zero-order valence-electron chi connectivity index (χ0n) is 17.7. The summed E-state index contributed by atoms with van der Waals surface area (Å²) in [4.78, 5) is 23.1. The summed E-state index contributed by atoms with van der Waals surface area (Å²) in [5.74, 6) is 1.97. The molecule has 158 valence electrons. The minimum absolute atomic E-state index is 0.0343. The number of carbonyl (C=O) groups excluding carboxylic acids is 2. The normalized spacial score (nSPS) is 29.9. The van der Waals surface area contributed by atoms with Gasteiger partial charge in [-0.3, -0.25) is 0 Å². The van der Waals surface area contributed by atoms with E-state index in [9.17, 15) is 9.59 Å². The fraction of sp³-hybridized carbons (Fsp3) is 0.750. The average molecular weight is 391 g/mol. The highest BCUT2D eigenvalue weighted by Crippen LogP contribution is 2.43. The topological polar surface area (TPSA) is 52.6 Å². The number of esters is 2. The summed E-state index contributed by atoms with van der Waals surface area (Å²) in [7, 11) is 0. The maximum atomic E-state index is 11.6. The lowest BCUT2D eigenvalue weighted by molar-refractivity contribution is -0.148. The van der Waals surface area contributed by atoms with Crippen LogP contribution in [0.3, 0.4) is 0 Å². The van der Waals surface area contributed by atoms with Gasteiger partial charge in [0.2, 0.25) is 0 Å². The second-order valence-corrected chi connectivity index (χ2v) is 8.53. The smallest absolute Gasteiger partial charge is 0.330 e. The Bertz CT molecular complexity index is 477. The van der Waals surface area contributed by atoms with Crippen LogP contribution in [0.25, 0.3) is 0 Å². The highest BCUT2D eigenvalue weighted by Gasteiger charge is 2.35. The molecule has 0 aromatic heterocycles. The van der Waals surface area contributed by atoms with E-state index in [1.165, 1.54) is 37.8 Å². The third-order valence-electron chi connectivity index (χ3n) is 7.02. The van der Waals surface area contributed by atoms with E-state index in [0.717, 1.165) is 50.4 Å². The molecule has 0 saturated heterocycles. The first-order chi connectivity index (χ1) is 13.5. The van der Waals surface area contributed by atoms with E-state index < -0.39 is 0 Å². The molecule has 28 heavy (non-hydrogen) atoms. The van der Waals surface area contributed by atoms with E-state index in [0.29, 0.717) is 11.8 Å². The van der Waals surface area contributed by atoms with Crippen LogP contribution in [0, 0.1) is 23.7 Å². The Morgan fingerprint density at radius 1 is 0.750 bits per heavy atom. The highest BCUT2D eigenvalue weighted by molar-refractivity contribution is 5.81. The van der Waals surface area contributed by atoms with Gasteiger partial charge < -0.3 is 9.47 Å². The van der Waals surface area contributed by atoms with Crippen LogP contribution in [-0.2, 0) is 19.1 Å². The Morgan fingerprint density at radius 3 is 1.32 bits per heavy atom. The Hall–Kier alpha value is -1.58. The van der Waals surface area contributed by atoms with Crippen molar-refractivity contribution in [1.29, 1.82) is 0 Å². The number of hydrogen-bond acceptors (Lipinski definition) is 4. The standard InChI is InChI=1S/C24H38O4/c1-5-21(27-23(25)7-3)19-13-9-17(10-14-19)18-11-15-20(16-12-18)22(6-2)28-24(26)8-4/h7-8,17-22H,3-6,9-16H2,1-2H3. The van der Waals surface area contributed by atoms with Gasteiger partial charge in [0.15, 0.2) is 0 Å². The van der Waals surface area contributed by atoms with E-state index in [4.69, 9.17) is 9.47 Å². The molecule has 0 spiro atoms. The van der Waals surface area contributed by atoms with E-state index in [1.807, 2.05) is 0 Å². The molecule has 2 saturated carbocycles. The third kappa shape index (κ3) is 6.22. The van der Waals surface area contributed by atoms with Crippen LogP contribution in [0.15, 0.2) is 25.3 Å². The molecule has 0 heterocycles. The number of ether oxygens (including phenoxy) is 2. The number of carbonyl (C=O) groups is 2. The first kappa shape index (κ1) is 22.7. The molecule has 4 nitrogen and oxygen atoms in total. The van der Waals surface area contributed by atoms with Crippen LogP contribution in [-0.4, -0.2) is 24.1 Å². The molecule has 0 N–H and O–H groups in total. The lowest BCUT2D eigenvalue weighted by atomic mass is 9.67. The maximum Gasteiger partial charge on any atom is 0.330 e. The van der Waals surface area contributed by atoms with Gasteiger partial charge >= 0.3 is 11.9 Å². The minimum atomic E-state index is -0.296. The van der Waals surface area contributed by atoms with Gasteiger partial charge in [-0.25, -0.2) is 9.59 Å². The first-order valence-corrected chi connectivity index (χ1v) is 11.2. The third-order valence-corrected chi connectivity index (χ3v) is 7.02. The second-order valence-electron chi connectivity index (χ2n) is 8.53. The quantitative estimate of drug-likeness (QED) is 0.379. The van der Waals surface area contributed by atoms with E-state index in [2.05, 4.69) is 27.0 Å². The zero-order valence-corrected chi connectivity index (χ0v) is 17.7.